The molecule has 2 aliphatic heterocycles. The van der Waals surface area contributed by atoms with E-state index in [0.29, 0.717) is 25.1 Å². The molecule has 0 radical (unpaired) electrons. The quantitative estimate of drug-likeness (QED) is 0.0315. The summed E-state index contributed by atoms with van der Waals surface area (Å²) in [5.41, 5.74) is 15.8. The summed E-state index contributed by atoms with van der Waals surface area (Å²) < 4.78 is 14.2. The number of aliphatic hydroxyl groups is 3. The van der Waals surface area contributed by atoms with Gasteiger partial charge < -0.3 is 51.8 Å². The van der Waals surface area contributed by atoms with Gasteiger partial charge in [-0.05, 0) is 38.6 Å². The van der Waals surface area contributed by atoms with E-state index in [4.69, 9.17) is 26.7 Å². The number of aliphatic carboxylic acids is 1. The molecule has 0 saturated heterocycles. The second kappa shape index (κ2) is 16.5. The average Bonchev–Trinajstić information content (AvgIpc) is 3.42. The third-order valence-corrected chi connectivity index (χ3v) is 6.38. The van der Waals surface area contributed by atoms with Gasteiger partial charge in [0.2, 0.25) is 6.10 Å². The van der Waals surface area contributed by atoms with Gasteiger partial charge in [-0.2, -0.15) is 0 Å². The van der Waals surface area contributed by atoms with E-state index >= 15 is 0 Å². The Balaban J connectivity index is 1.84. The number of unbranched alkanes of at least 4 members (excludes halogenated alkanes) is 1. The minimum atomic E-state index is -2.59. The maximum absolute atomic E-state index is 12.3. The van der Waals surface area contributed by atoms with E-state index < -0.39 is 72.6 Å². The number of carbonyl (C=O) groups excluding carboxylic acids is 4. The number of amidine groups is 2. The Labute approximate surface area is 244 Å². The third-order valence-electron chi connectivity index (χ3n) is 6.38. The van der Waals surface area contributed by atoms with Gasteiger partial charge in [0.1, 0.15) is 43.4 Å². The van der Waals surface area contributed by atoms with Crippen molar-refractivity contribution in [2.45, 2.75) is 80.6 Å². The number of carboxylic acids is 1. The highest BCUT2D eigenvalue weighted by Crippen LogP contribution is 2.28. The fourth-order valence-electron chi connectivity index (χ4n) is 3.87. The maximum Gasteiger partial charge on any atom is 0.348 e. The first-order chi connectivity index (χ1) is 20.4. The van der Waals surface area contributed by atoms with Crippen molar-refractivity contribution in [2.24, 2.45) is 37.2 Å². The number of carboxylic acid groups (broad SMARTS) is 1. The van der Waals surface area contributed by atoms with E-state index in [9.17, 15) is 44.4 Å². The minimum absolute atomic E-state index is 0.0383. The number of aliphatic hydroxyl groups excluding tert-OH is 3. The van der Waals surface area contributed by atoms with Crippen LogP contribution < -0.4 is 17.2 Å². The van der Waals surface area contributed by atoms with Crippen LogP contribution in [0, 0.1) is 0 Å². The van der Waals surface area contributed by atoms with Crippen LogP contribution in [-0.4, -0.2) is 130 Å². The van der Waals surface area contributed by atoms with Crippen LogP contribution in [0.25, 0.3) is 0 Å². The number of aliphatic imine (C=N–C) groups is 4. The van der Waals surface area contributed by atoms with Gasteiger partial charge >= 0.3 is 23.9 Å². The van der Waals surface area contributed by atoms with Crippen LogP contribution in [-0.2, 0) is 38.2 Å². The molecular formula is C24H35N7O12. The van der Waals surface area contributed by atoms with Crippen molar-refractivity contribution in [3.8, 4) is 0 Å². The number of hydrogen-bond donors (Lipinski definition) is 7. The van der Waals surface area contributed by atoms with Crippen LogP contribution in [0.15, 0.2) is 20.0 Å². The lowest BCUT2D eigenvalue weighted by molar-refractivity contribution is -0.187. The number of esters is 3. The Morgan fingerprint density at radius 3 is 2.37 bits per heavy atom. The van der Waals surface area contributed by atoms with Crippen LogP contribution in [0.2, 0.25) is 0 Å². The van der Waals surface area contributed by atoms with Crippen LogP contribution >= 0.6 is 0 Å². The number of rotatable bonds is 19. The predicted molar refractivity (Wildman–Crippen MR) is 146 cm³/mol. The molecule has 2 unspecified atom stereocenters. The first kappa shape index (κ1) is 35.0. The molecule has 10 N–H and O–H groups in total. The Morgan fingerprint density at radius 1 is 1.00 bits per heavy atom. The molecule has 0 bridgehead atoms. The zero-order chi connectivity index (χ0) is 32.2. The molecule has 238 valence electrons. The fraction of sp³-hybridized carbons (Fsp3) is 0.625. The van der Waals surface area contributed by atoms with Gasteiger partial charge in [0.25, 0.3) is 0 Å². The van der Waals surface area contributed by atoms with Gasteiger partial charge in [0.05, 0.1) is 0 Å². The zero-order valence-corrected chi connectivity index (χ0v) is 22.9. The zero-order valence-electron chi connectivity index (χ0n) is 22.9. The first-order valence-electron chi connectivity index (χ1n) is 13.1. The van der Waals surface area contributed by atoms with Crippen LogP contribution in [0.5, 0.6) is 0 Å². The minimum Gasteiger partial charge on any atom is -0.478 e. The molecule has 0 saturated carbocycles. The third kappa shape index (κ3) is 9.41. The summed E-state index contributed by atoms with van der Waals surface area (Å²) >= 11 is 0. The SMILES string of the molecule is NCCC[C@H](N)C(=O)OCC(OC(=O)[C@@H](O)[C@@H](O)[C@H](O)[C@H](C=O)OC(=O)CCCCC12N=CN=C1N=CN=C2N)C(=O)O. The second-order valence-corrected chi connectivity index (χ2v) is 9.47. The monoisotopic (exact) mass is 613 g/mol. The number of nitrogens with zero attached hydrogens (tertiary/aromatic N) is 4. The molecule has 2 rings (SSSR count). The molecule has 0 amide bonds. The van der Waals surface area contributed by atoms with E-state index in [0.717, 1.165) is 0 Å². The van der Waals surface area contributed by atoms with Gasteiger partial charge in [0.15, 0.2) is 29.9 Å². The topological polar surface area (TPSA) is 321 Å². The summed E-state index contributed by atoms with van der Waals surface area (Å²) in [5, 5.41) is 39.8. The summed E-state index contributed by atoms with van der Waals surface area (Å²) in [5.74, 6) is -4.92. The lowest BCUT2D eigenvalue weighted by atomic mass is 9.90. The van der Waals surface area contributed by atoms with Gasteiger partial charge in [-0.3, -0.25) is 19.4 Å². The highest BCUT2D eigenvalue weighted by molar-refractivity contribution is 6.23. The van der Waals surface area contributed by atoms with Gasteiger partial charge in [-0.15, -0.1) is 0 Å². The number of hydrogen-bond acceptors (Lipinski definition) is 18. The fourth-order valence-corrected chi connectivity index (χ4v) is 3.87. The smallest absolute Gasteiger partial charge is 0.348 e. The van der Waals surface area contributed by atoms with Crippen molar-refractivity contribution in [3.05, 3.63) is 0 Å². The Hall–Kier alpha value is -4.17. The normalized spacial score (nSPS) is 21.2. The Morgan fingerprint density at radius 2 is 1.72 bits per heavy atom. The van der Waals surface area contributed by atoms with Gasteiger partial charge in [0, 0.05) is 6.42 Å². The summed E-state index contributed by atoms with van der Waals surface area (Å²) in [6.07, 6.45) is -7.75. The summed E-state index contributed by atoms with van der Waals surface area (Å²) in [7, 11) is 0. The number of carbonyl (C=O) groups is 5. The van der Waals surface area contributed by atoms with E-state index in [1.54, 1.807) is 0 Å². The number of ether oxygens (including phenoxy) is 3. The highest BCUT2D eigenvalue weighted by Gasteiger charge is 2.43. The van der Waals surface area contributed by atoms with E-state index in [-0.39, 0.29) is 37.9 Å². The molecule has 0 spiro atoms. The molecule has 43 heavy (non-hydrogen) atoms. The molecule has 7 atom stereocenters. The largest absolute Gasteiger partial charge is 0.478 e. The molecule has 0 aromatic rings. The summed E-state index contributed by atoms with van der Waals surface area (Å²) in [6.45, 7) is -0.730. The average molecular weight is 614 g/mol. The highest BCUT2D eigenvalue weighted by atomic mass is 16.6. The van der Waals surface area contributed by atoms with E-state index in [2.05, 4.69) is 24.7 Å². The Bertz CT molecular complexity index is 1160. The van der Waals surface area contributed by atoms with Crippen molar-refractivity contribution in [2.75, 3.05) is 13.2 Å². The number of nitrogens with two attached hydrogens (primary N) is 3. The van der Waals surface area contributed by atoms with Gasteiger partial charge in [-0.1, -0.05) is 0 Å². The number of fused-ring (bicyclic) bond motifs is 1. The molecule has 2 aliphatic rings. The first-order valence-corrected chi connectivity index (χ1v) is 13.1. The van der Waals surface area contributed by atoms with Crippen LogP contribution in [0.1, 0.15) is 38.5 Å². The van der Waals surface area contributed by atoms with Crippen molar-refractivity contribution in [3.63, 3.8) is 0 Å². The molecule has 0 fully saturated rings. The standard InChI is InChI=1S/C24H35N7O12/c25-7-3-4-12(26)20(39)41-9-14(19(37)38)43-21(40)18(36)17(35)16(34)13(8-32)42-15(33)5-1-2-6-24-22(27)28-10-29-23(24)30-11-31-24/h8,10-14,16-18,34-36H,1-7,9,25-26H2,(H,37,38)(H2,27,28,29,30,31)/t12-,13-,14?,16+,17-,18-,24?/m0/s1. The Kier molecular flexibility index (Phi) is 13.4. The molecule has 0 aromatic heterocycles. The molecule has 2 heterocycles. The summed E-state index contributed by atoms with van der Waals surface area (Å²) in [6, 6.07) is -1.11. The van der Waals surface area contributed by atoms with Crippen molar-refractivity contribution >= 4 is 54.5 Å². The van der Waals surface area contributed by atoms with Crippen molar-refractivity contribution in [1.82, 2.24) is 0 Å². The van der Waals surface area contributed by atoms with E-state index in [1.807, 2.05) is 0 Å². The lowest BCUT2D eigenvalue weighted by Gasteiger charge is -2.27. The van der Waals surface area contributed by atoms with Crippen LogP contribution in [0.4, 0.5) is 0 Å². The maximum atomic E-state index is 12.3. The lowest BCUT2D eigenvalue weighted by Crippen LogP contribution is -2.51. The second-order valence-electron chi connectivity index (χ2n) is 9.47. The van der Waals surface area contributed by atoms with Crippen LogP contribution in [0.3, 0.4) is 0 Å². The number of aldehydes is 1. The molecule has 19 heteroatoms. The predicted octanol–water partition coefficient (Wildman–Crippen LogP) is -4.08. The molecule has 0 aromatic carbocycles. The van der Waals surface area contributed by atoms with Crippen molar-refractivity contribution in [1.29, 1.82) is 0 Å². The van der Waals surface area contributed by atoms with Crippen molar-refractivity contribution < 1.29 is 58.6 Å². The molecular weight excluding hydrogens is 578 g/mol. The molecule has 19 nitrogen and oxygen atoms in total. The molecule has 0 aliphatic carbocycles. The summed E-state index contributed by atoms with van der Waals surface area (Å²) in [4.78, 5) is 75.5. The van der Waals surface area contributed by atoms with E-state index in [1.165, 1.54) is 12.7 Å². The van der Waals surface area contributed by atoms with Gasteiger partial charge in [-0.25, -0.2) is 24.6 Å².